The van der Waals surface area contributed by atoms with E-state index < -0.39 is 11.6 Å². The van der Waals surface area contributed by atoms with Crippen LogP contribution in [-0.2, 0) is 0 Å². The van der Waals surface area contributed by atoms with Crippen LogP contribution >= 0.6 is 0 Å². The molecule has 0 saturated carbocycles. The molecule has 3 unspecified atom stereocenters. The molecule has 5 heteroatoms. The highest BCUT2D eigenvalue weighted by Gasteiger charge is 2.41. The number of hydrogen-bond acceptors (Lipinski definition) is 2. The molecule has 2 saturated heterocycles. The van der Waals surface area contributed by atoms with Crippen LogP contribution in [0.25, 0.3) is 11.3 Å². The summed E-state index contributed by atoms with van der Waals surface area (Å²) in [4.78, 5) is 7.64. The van der Waals surface area contributed by atoms with Gasteiger partial charge in [0.15, 0.2) is 0 Å². The summed E-state index contributed by atoms with van der Waals surface area (Å²) in [5.74, 6) is 0.167. The van der Waals surface area contributed by atoms with Crippen molar-refractivity contribution in [1.29, 1.82) is 0 Å². The van der Waals surface area contributed by atoms with Crippen LogP contribution in [0.2, 0.25) is 0 Å². The predicted octanol–water partition coefficient (Wildman–Crippen LogP) is 2.96. The Kier molecular flexibility index (Phi) is 2.63. The van der Waals surface area contributed by atoms with E-state index in [2.05, 4.69) is 15.3 Å². The SMILES string of the molecule is Fc1cc(F)cc(-c2cnc(C3CC4CCC3N4)[nH]2)c1. The average molecular weight is 275 g/mol. The van der Waals surface area contributed by atoms with Gasteiger partial charge < -0.3 is 10.3 Å². The van der Waals surface area contributed by atoms with Gasteiger partial charge in [-0.05, 0) is 31.4 Å². The number of nitrogens with one attached hydrogen (secondary N) is 2. The van der Waals surface area contributed by atoms with Crippen molar-refractivity contribution in [3.8, 4) is 11.3 Å². The van der Waals surface area contributed by atoms with Crippen LogP contribution in [0.15, 0.2) is 24.4 Å². The molecule has 3 nitrogen and oxygen atoms in total. The lowest BCUT2D eigenvalue weighted by Crippen LogP contribution is -2.22. The summed E-state index contributed by atoms with van der Waals surface area (Å²) in [6.07, 6.45) is 5.18. The zero-order valence-electron chi connectivity index (χ0n) is 10.9. The van der Waals surface area contributed by atoms with Crippen LogP contribution in [-0.4, -0.2) is 22.1 Å². The molecule has 2 N–H and O–H groups in total. The van der Waals surface area contributed by atoms with E-state index in [1.165, 1.54) is 25.0 Å². The van der Waals surface area contributed by atoms with Gasteiger partial charge in [-0.2, -0.15) is 0 Å². The second-order valence-electron chi connectivity index (χ2n) is 5.73. The van der Waals surface area contributed by atoms with Crippen LogP contribution in [0.5, 0.6) is 0 Å². The molecule has 20 heavy (non-hydrogen) atoms. The van der Waals surface area contributed by atoms with Crippen molar-refractivity contribution in [2.24, 2.45) is 0 Å². The summed E-state index contributed by atoms with van der Waals surface area (Å²) < 4.78 is 26.5. The minimum absolute atomic E-state index is 0.390. The zero-order chi connectivity index (χ0) is 13.7. The lowest BCUT2D eigenvalue weighted by Gasteiger charge is -2.17. The first kappa shape index (κ1) is 12.0. The molecule has 0 spiro atoms. The van der Waals surface area contributed by atoms with Gasteiger partial charge in [-0.3, -0.25) is 0 Å². The second-order valence-corrected chi connectivity index (χ2v) is 5.73. The van der Waals surface area contributed by atoms with E-state index in [1.807, 2.05) is 0 Å². The topological polar surface area (TPSA) is 40.7 Å². The number of hydrogen-bond donors (Lipinski definition) is 2. The monoisotopic (exact) mass is 275 g/mol. The Morgan fingerprint density at radius 3 is 2.55 bits per heavy atom. The Morgan fingerprint density at radius 2 is 1.90 bits per heavy atom. The van der Waals surface area contributed by atoms with Gasteiger partial charge in [0, 0.05) is 29.6 Å². The zero-order valence-corrected chi connectivity index (χ0v) is 10.9. The number of H-pyrrole nitrogens is 1. The Morgan fingerprint density at radius 1 is 1.10 bits per heavy atom. The summed E-state index contributed by atoms with van der Waals surface area (Å²) in [6, 6.07) is 4.60. The second kappa shape index (κ2) is 4.38. The molecule has 1 aromatic heterocycles. The first-order valence-electron chi connectivity index (χ1n) is 6.96. The van der Waals surface area contributed by atoms with E-state index in [-0.39, 0.29) is 0 Å². The number of nitrogens with zero attached hydrogens (tertiary/aromatic N) is 1. The van der Waals surface area contributed by atoms with E-state index in [9.17, 15) is 8.78 Å². The normalized spacial score (nSPS) is 28.2. The molecule has 0 amide bonds. The molecule has 2 aliphatic heterocycles. The standard InChI is InChI=1S/C15H15F2N3/c16-9-3-8(4-10(17)5-9)14-7-18-15(20-14)12-6-11-1-2-13(12)19-11/h3-5,7,11-13,19H,1-2,6H2,(H,18,20). The lowest BCUT2D eigenvalue weighted by molar-refractivity contribution is 0.490. The molecule has 3 atom stereocenters. The first-order chi connectivity index (χ1) is 9.69. The van der Waals surface area contributed by atoms with Crippen LogP contribution in [0, 0.1) is 11.6 Å². The third-order valence-electron chi connectivity index (χ3n) is 4.42. The van der Waals surface area contributed by atoms with E-state index in [0.717, 1.165) is 18.3 Å². The van der Waals surface area contributed by atoms with Gasteiger partial charge in [-0.25, -0.2) is 13.8 Å². The van der Waals surface area contributed by atoms with Crippen molar-refractivity contribution >= 4 is 0 Å². The number of halogens is 2. The molecule has 2 bridgehead atoms. The predicted molar refractivity (Wildman–Crippen MR) is 71.2 cm³/mol. The maximum Gasteiger partial charge on any atom is 0.126 e. The fourth-order valence-corrected chi connectivity index (χ4v) is 3.51. The van der Waals surface area contributed by atoms with Gasteiger partial charge in [-0.15, -0.1) is 0 Å². The summed E-state index contributed by atoms with van der Waals surface area (Å²) in [5.41, 5.74) is 1.17. The van der Waals surface area contributed by atoms with Crippen LogP contribution in [0.1, 0.15) is 31.0 Å². The molecular formula is C15H15F2N3. The van der Waals surface area contributed by atoms with Crippen LogP contribution in [0.4, 0.5) is 8.78 Å². The minimum atomic E-state index is -0.572. The summed E-state index contributed by atoms with van der Waals surface area (Å²) in [5, 5.41) is 3.56. The molecule has 0 radical (unpaired) electrons. The van der Waals surface area contributed by atoms with E-state index >= 15 is 0 Å². The molecular weight excluding hydrogens is 260 g/mol. The maximum atomic E-state index is 13.3. The molecule has 2 aromatic rings. The fraction of sp³-hybridized carbons (Fsp3) is 0.400. The van der Waals surface area contributed by atoms with Gasteiger partial charge in [0.1, 0.15) is 17.5 Å². The number of imidazole rings is 1. The van der Waals surface area contributed by atoms with Crippen molar-refractivity contribution in [2.45, 2.75) is 37.3 Å². The highest BCUT2D eigenvalue weighted by molar-refractivity contribution is 5.58. The minimum Gasteiger partial charge on any atom is -0.342 e. The van der Waals surface area contributed by atoms with Crippen molar-refractivity contribution in [3.63, 3.8) is 0 Å². The molecule has 1 aromatic carbocycles. The third-order valence-corrected chi connectivity index (χ3v) is 4.42. The average Bonchev–Trinajstić information content (AvgIpc) is 3.13. The summed E-state index contributed by atoms with van der Waals surface area (Å²) in [7, 11) is 0. The quantitative estimate of drug-likeness (QED) is 0.884. The van der Waals surface area contributed by atoms with E-state index in [4.69, 9.17) is 0 Å². The Hall–Kier alpha value is -1.75. The largest absolute Gasteiger partial charge is 0.342 e. The summed E-state index contributed by atoms with van der Waals surface area (Å²) in [6.45, 7) is 0. The van der Waals surface area contributed by atoms with Gasteiger partial charge in [0.2, 0.25) is 0 Å². The molecule has 2 aliphatic rings. The maximum absolute atomic E-state index is 13.3. The molecule has 2 fully saturated rings. The van der Waals surface area contributed by atoms with Gasteiger partial charge >= 0.3 is 0 Å². The molecule has 0 aliphatic carbocycles. The van der Waals surface area contributed by atoms with Crippen LogP contribution < -0.4 is 5.32 Å². The summed E-state index contributed by atoms with van der Waals surface area (Å²) >= 11 is 0. The smallest absolute Gasteiger partial charge is 0.126 e. The van der Waals surface area contributed by atoms with Gasteiger partial charge in [-0.1, -0.05) is 0 Å². The molecule has 104 valence electrons. The lowest BCUT2D eigenvalue weighted by atomic mass is 9.89. The van der Waals surface area contributed by atoms with Crippen molar-refractivity contribution in [2.75, 3.05) is 0 Å². The number of aromatic nitrogens is 2. The van der Waals surface area contributed by atoms with Crippen molar-refractivity contribution < 1.29 is 8.78 Å². The Bertz CT molecular complexity index is 632. The van der Waals surface area contributed by atoms with Crippen LogP contribution in [0.3, 0.4) is 0 Å². The highest BCUT2D eigenvalue weighted by Crippen LogP contribution is 2.39. The van der Waals surface area contributed by atoms with E-state index in [0.29, 0.717) is 29.3 Å². The number of rotatable bonds is 2. The fourth-order valence-electron chi connectivity index (χ4n) is 3.51. The third kappa shape index (κ3) is 1.93. The van der Waals surface area contributed by atoms with Gasteiger partial charge in [0.25, 0.3) is 0 Å². The number of fused-ring (bicyclic) bond motifs is 2. The van der Waals surface area contributed by atoms with Gasteiger partial charge in [0.05, 0.1) is 11.9 Å². The molecule has 4 rings (SSSR count). The first-order valence-corrected chi connectivity index (χ1v) is 6.96. The highest BCUT2D eigenvalue weighted by atomic mass is 19.1. The number of benzene rings is 1. The Labute approximate surface area is 115 Å². The number of aromatic amines is 1. The molecule has 3 heterocycles. The Balaban J connectivity index is 1.65. The van der Waals surface area contributed by atoms with E-state index in [1.54, 1.807) is 6.20 Å². The van der Waals surface area contributed by atoms with Crippen molar-refractivity contribution in [3.05, 3.63) is 41.9 Å². The van der Waals surface area contributed by atoms with Crippen molar-refractivity contribution in [1.82, 2.24) is 15.3 Å².